The molecule has 1 atom stereocenters. The monoisotopic (exact) mass is 454 g/mol. The average molecular weight is 455 g/mol. The predicted octanol–water partition coefficient (Wildman–Crippen LogP) is 5.71. The van der Waals surface area contributed by atoms with Crippen LogP contribution in [0.25, 0.3) is 0 Å². The van der Waals surface area contributed by atoms with Crippen molar-refractivity contribution < 1.29 is 19.1 Å². The topological polar surface area (TPSA) is 76.7 Å². The summed E-state index contributed by atoms with van der Waals surface area (Å²) in [6.45, 7) is 7.65. The summed E-state index contributed by atoms with van der Waals surface area (Å²) in [4.78, 5) is 23.9. The molecule has 6 nitrogen and oxygen atoms in total. The van der Waals surface area contributed by atoms with Crippen molar-refractivity contribution in [2.24, 2.45) is 5.92 Å². The van der Waals surface area contributed by atoms with Crippen LogP contribution in [-0.2, 0) is 14.3 Å². The van der Waals surface area contributed by atoms with E-state index in [9.17, 15) is 9.59 Å². The Balaban J connectivity index is 1.89. The first-order chi connectivity index (χ1) is 14.0. The van der Waals surface area contributed by atoms with Gasteiger partial charge in [0.2, 0.25) is 0 Å². The zero-order valence-electron chi connectivity index (χ0n) is 17.7. The summed E-state index contributed by atoms with van der Waals surface area (Å²) in [7, 11) is 0. The Morgan fingerprint density at radius 1 is 1.20 bits per heavy atom. The van der Waals surface area contributed by atoms with E-state index in [1.807, 2.05) is 12.2 Å². The molecule has 1 aliphatic rings. The number of hydrogen-bond acceptors (Lipinski definition) is 5. The Labute approximate surface area is 187 Å². The zero-order chi connectivity index (χ0) is 22.3. The van der Waals surface area contributed by atoms with Gasteiger partial charge in [0, 0.05) is 5.70 Å². The van der Waals surface area contributed by atoms with Crippen LogP contribution in [0.3, 0.4) is 0 Å². The van der Waals surface area contributed by atoms with Crippen LogP contribution in [0.1, 0.15) is 40.5 Å². The van der Waals surface area contributed by atoms with Crippen LogP contribution in [0.5, 0.6) is 0 Å². The van der Waals surface area contributed by atoms with Gasteiger partial charge in [0.05, 0.1) is 28.7 Å². The molecule has 0 heterocycles. The fourth-order valence-electron chi connectivity index (χ4n) is 2.78. The minimum Gasteiger partial charge on any atom is -0.464 e. The number of nitrogens with one attached hydrogen (secondary N) is 2. The molecule has 0 aromatic heterocycles. The minimum atomic E-state index is -0.578. The van der Waals surface area contributed by atoms with Crippen LogP contribution in [-0.4, -0.2) is 30.8 Å². The Hall–Kier alpha value is -2.18. The second-order valence-corrected chi connectivity index (χ2v) is 8.88. The van der Waals surface area contributed by atoms with E-state index >= 15 is 0 Å². The van der Waals surface area contributed by atoms with Crippen molar-refractivity contribution in [3.8, 4) is 0 Å². The SMILES string of the molecule is CC1C=C(Nc2c(Cl)cccc2Cl)C(CC(=O)OCCNC(=O)OC(C)(C)C)=CC1. The quantitative estimate of drug-likeness (QED) is 0.407. The first-order valence-electron chi connectivity index (χ1n) is 9.80. The lowest BCUT2D eigenvalue weighted by molar-refractivity contribution is -0.142. The molecule has 0 saturated heterocycles. The molecule has 8 heteroatoms. The summed E-state index contributed by atoms with van der Waals surface area (Å²) >= 11 is 12.5. The molecule has 1 aliphatic carbocycles. The minimum absolute atomic E-state index is 0.0601. The number of para-hydroxylation sites is 1. The Morgan fingerprint density at radius 3 is 2.50 bits per heavy atom. The van der Waals surface area contributed by atoms with Gasteiger partial charge >= 0.3 is 12.1 Å². The molecular weight excluding hydrogens is 427 g/mol. The van der Waals surface area contributed by atoms with Crippen molar-refractivity contribution in [1.82, 2.24) is 5.32 Å². The lowest BCUT2D eigenvalue weighted by Gasteiger charge is -2.22. The molecule has 0 aliphatic heterocycles. The highest BCUT2D eigenvalue weighted by molar-refractivity contribution is 6.39. The number of hydrogen-bond donors (Lipinski definition) is 2. The van der Waals surface area contributed by atoms with E-state index in [0.29, 0.717) is 21.7 Å². The van der Waals surface area contributed by atoms with Gasteiger partial charge in [0.25, 0.3) is 0 Å². The lowest BCUT2D eigenvalue weighted by atomic mass is 9.93. The summed E-state index contributed by atoms with van der Waals surface area (Å²) in [5.41, 5.74) is 1.62. The van der Waals surface area contributed by atoms with Gasteiger partial charge in [0.1, 0.15) is 12.2 Å². The molecule has 30 heavy (non-hydrogen) atoms. The maximum atomic E-state index is 12.3. The number of halogens is 2. The van der Waals surface area contributed by atoms with Gasteiger partial charge < -0.3 is 20.1 Å². The number of carbonyl (C=O) groups is 2. The smallest absolute Gasteiger partial charge is 0.407 e. The van der Waals surface area contributed by atoms with Gasteiger partial charge in [-0.2, -0.15) is 0 Å². The van der Waals surface area contributed by atoms with E-state index in [1.165, 1.54) is 0 Å². The predicted molar refractivity (Wildman–Crippen MR) is 120 cm³/mol. The highest BCUT2D eigenvalue weighted by Crippen LogP contribution is 2.34. The molecule has 0 bridgehead atoms. The lowest BCUT2D eigenvalue weighted by Crippen LogP contribution is -2.34. The molecule has 0 spiro atoms. The number of esters is 1. The molecule has 0 fully saturated rings. The molecule has 164 valence electrons. The Bertz CT molecular complexity index is 824. The molecule has 1 unspecified atom stereocenters. The van der Waals surface area contributed by atoms with Crippen LogP contribution >= 0.6 is 23.2 Å². The highest BCUT2D eigenvalue weighted by atomic mass is 35.5. The summed E-state index contributed by atoms with van der Waals surface area (Å²) in [6, 6.07) is 5.27. The van der Waals surface area contributed by atoms with Gasteiger partial charge in [-0.3, -0.25) is 4.79 Å². The second kappa shape index (κ2) is 10.7. The molecule has 0 saturated carbocycles. The maximum Gasteiger partial charge on any atom is 0.407 e. The maximum absolute atomic E-state index is 12.3. The van der Waals surface area contributed by atoms with Crippen LogP contribution in [0.15, 0.2) is 41.6 Å². The van der Waals surface area contributed by atoms with Crippen LogP contribution in [0.2, 0.25) is 10.0 Å². The number of anilines is 1. The zero-order valence-corrected chi connectivity index (χ0v) is 19.2. The van der Waals surface area contributed by atoms with Gasteiger partial charge in [-0.25, -0.2) is 4.79 Å². The number of carbonyl (C=O) groups excluding carboxylic acids is 2. The number of allylic oxidation sites excluding steroid dienone is 3. The Morgan fingerprint density at radius 2 is 1.87 bits per heavy atom. The van der Waals surface area contributed by atoms with Gasteiger partial charge in [-0.15, -0.1) is 0 Å². The third-order valence-electron chi connectivity index (χ3n) is 4.12. The van der Waals surface area contributed by atoms with E-state index in [4.69, 9.17) is 32.7 Å². The fraction of sp³-hybridized carbons (Fsp3) is 0.455. The van der Waals surface area contributed by atoms with E-state index in [1.54, 1.807) is 39.0 Å². The van der Waals surface area contributed by atoms with Crippen LogP contribution in [0.4, 0.5) is 10.5 Å². The number of benzene rings is 1. The van der Waals surface area contributed by atoms with Crippen molar-refractivity contribution in [3.05, 3.63) is 51.7 Å². The van der Waals surface area contributed by atoms with E-state index < -0.39 is 11.7 Å². The standard InChI is InChI=1S/C22H28Cl2N2O4/c1-14-8-9-15(18(12-14)26-20-16(23)6-5-7-17(20)24)13-19(27)29-11-10-25-21(28)30-22(2,3)4/h5-7,9,12,14,26H,8,10-11,13H2,1-4H3,(H,25,28). The van der Waals surface area contributed by atoms with Crippen molar-refractivity contribution in [3.63, 3.8) is 0 Å². The molecule has 2 rings (SSSR count). The molecule has 1 aromatic carbocycles. The number of rotatable bonds is 7. The van der Waals surface area contributed by atoms with E-state index in [2.05, 4.69) is 17.6 Å². The van der Waals surface area contributed by atoms with Crippen LogP contribution in [0, 0.1) is 5.92 Å². The number of amides is 1. The Kier molecular flexibility index (Phi) is 8.62. The molecule has 2 N–H and O–H groups in total. The third-order valence-corrected chi connectivity index (χ3v) is 4.75. The van der Waals surface area contributed by atoms with Crippen LogP contribution < -0.4 is 10.6 Å². The summed E-state index contributed by atoms with van der Waals surface area (Å²) < 4.78 is 10.4. The van der Waals surface area contributed by atoms with E-state index in [-0.39, 0.29) is 25.5 Å². The first kappa shape index (κ1) is 24.1. The van der Waals surface area contributed by atoms with Crippen molar-refractivity contribution in [1.29, 1.82) is 0 Å². The number of alkyl carbamates (subject to hydrolysis) is 1. The van der Waals surface area contributed by atoms with Crippen molar-refractivity contribution in [2.45, 2.75) is 46.1 Å². The molecular formula is C22H28Cl2N2O4. The molecule has 1 amide bonds. The number of ether oxygens (including phenoxy) is 2. The highest BCUT2D eigenvalue weighted by Gasteiger charge is 2.19. The summed E-state index contributed by atoms with van der Waals surface area (Å²) in [5, 5.41) is 6.80. The second-order valence-electron chi connectivity index (χ2n) is 8.07. The average Bonchev–Trinajstić information content (AvgIpc) is 2.62. The normalized spacial score (nSPS) is 16.3. The van der Waals surface area contributed by atoms with Crippen molar-refractivity contribution in [2.75, 3.05) is 18.5 Å². The van der Waals surface area contributed by atoms with Gasteiger partial charge in [-0.1, -0.05) is 48.3 Å². The van der Waals surface area contributed by atoms with Crippen molar-refractivity contribution >= 4 is 41.0 Å². The van der Waals surface area contributed by atoms with Gasteiger partial charge in [-0.05, 0) is 50.8 Å². The van der Waals surface area contributed by atoms with Gasteiger partial charge in [0.15, 0.2) is 0 Å². The largest absolute Gasteiger partial charge is 0.464 e. The summed E-state index contributed by atoms with van der Waals surface area (Å²) in [5.74, 6) is -0.0775. The molecule has 1 aromatic rings. The molecule has 0 radical (unpaired) electrons. The first-order valence-corrected chi connectivity index (χ1v) is 10.6. The summed E-state index contributed by atoms with van der Waals surface area (Å²) in [6.07, 6.45) is 4.43. The fourth-order valence-corrected chi connectivity index (χ4v) is 3.27. The van der Waals surface area contributed by atoms with E-state index in [0.717, 1.165) is 17.7 Å². The third kappa shape index (κ3) is 7.92.